The first kappa shape index (κ1) is 36.2. The van der Waals surface area contributed by atoms with E-state index in [2.05, 4.69) is 10.6 Å². The normalized spacial score (nSPS) is 18.2. The van der Waals surface area contributed by atoms with Crippen LogP contribution in [0.1, 0.15) is 73.3 Å². The number of nitrogens with one attached hydrogen (secondary N) is 2. The summed E-state index contributed by atoms with van der Waals surface area (Å²) in [6.07, 6.45) is 2.05. The second-order valence-corrected chi connectivity index (χ2v) is 14.0. The minimum atomic E-state index is -0.968. The van der Waals surface area contributed by atoms with Crippen molar-refractivity contribution >= 4 is 23.7 Å². The Morgan fingerprint density at radius 2 is 1.60 bits per heavy atom. The minimum absolute atomic E-state index is 0.0617. The minimum Gasteiger partial charge on any atom is -0.480 e. The van der Waals surface area contributed by atoms with Crippen molar-refractivity contribution in [2.24, 2.45) is 11.3 Å². The molecule has 0 saturated carbocycles. The molecule has 0 spiro atoms. The Morgan fingerprint density at radius 1 is 1.00 bits per heavy atom. The lowest BCUT2D eigenvalue weighted by molar-refractivity contribution is -0.152. The van der Waals surface area contributed by atoms with E-state index in [9.17, 15) is 24.3 Å². The second kappa shape index (κ2) is 15.1. The highest BCUT2D eigenvalue weighted by Crippen LogP contribution is 2.29. The van der Waals surface area contributed by atoms with Gasteiger partial charge in [0, 0.05) is 31.6 Å². The lowest BCUT2D eigenvalue weighted by Gasteiger charge is -2.41. The van der Waals surface area contributed by atoms with Crippen molar-refractivity contribution in [2.45, 2.75) is 97.3 Å². The lowest BCUT2D eigenvalue weighted by Crippen LogP contribution is -2.62. The Hall–Kier alpha value is -2.98. The molecule has 10 heteroatoms. The van der Waals surface area contributed by atoms with Crippen molar-refractivity contribution in [3.05, 3.63) is 35.9 Å². The van der Waals surface area contributed by atoms with E-state index in [1.165, 1.54) is 4.90 Å². The third kappa shape index (κ3) is 9.25. The van der Waals surface area contributed by atoms with E-state index in [0.29, 0.717) is 19.5 Å². The molecule has 4 unspecified atom stereocenters. The lowest BCUT2D eigenvalue weighted by atomic mass is 9.76. The van der Waals surface area contributed by atoms with Gasteiger partial charge in [-0.15, -0.1) is 0 Å². The summed E-state index contributed by atoms with van der Waals surface area (Å²) >= 11 is 0. The van der Waals surface area contributed by atoms with Gasteiger partial charge in [0.25, 0.3) is 0 Å². The van der Waals surface area contributed by atoms with Crippen molar-refractivity contribution in [1.82, 2.24) is 25.3 Å². The number of hydrogen-bond donors (Lipinski definition) is 3. The molecule has 1 aromatic carbocycles. The number of benzene rings is 1. The zero-order valence-corrected chi connectivity index (χ0v) is 27.9. The Morgan fingerprint density at radius 3 is 2.12 bits per heavy atom. The molecule has 4 atom stereocenters. The Kier molecular flexibility index (Phi) is 12.8. The van der Waals surface area contributed by atoms with Crippen molar-refractivity contribution in [3.63, 3.8) is 0 Å². The molecule has 242 valence electrons. The summed E-state index contributed by atoms with van der Waals surface area (Å²) < 4.78 is 0. The van der Waals surface area contributed by atoms with Gasteiger partial charge in [-0.25, -0.2) is 4.79 Å². The van der Waals surface area contributed by atoms with Gasteiger partial charge in [0.15, 0.2) is 0 Å². The molecule has 43 heavy (non-hydrogen) atoms. The van der Waals surface area contributed by atoms with E-state index < -0.39 is 34.9 Å². The number of nitrogens with zero attached hydrogens (tertiary/aromatic N) is 3. The number of piperidine rings is 1. The van der Waals surface area contributed by atoms with Crippen LogP contribution in [-0.4, -0.2) is 108 Å². The van der Waals surface area contributed by atoms with Crippen LogP contribution in [0.2, 0.25) is 0 Å². The fourth-order valence-corrected chi connectivity index (χ4v) is 6.07. The van der Waals surface area contributed by atoms with E-state index >= 15 is 0 Å². The summed E-state index contributed by atoms with van der Waals surface area (Å²) in [4.78, 5) is 57.7. The summed E-state index contributed by atoms with van der Waals surface area (Å²) in [7, 11) is 5.32. The van der Waals surface area contributed by atoms with Crippen molar-refractivity contribution in [1.29, 1.82) is 0 Å². The molecule has 1 saturated heterocycles. The third-order valence-corrected chi connectivity index (χ3v) is 8.82. The number of amides is 3. The van der Waals surface area contributed by atoms with Gasteiger partial charge < -0.3 is 25.5 Å². The zero-order valence-electron chi connectivity index (χ0n) is 27.9. The predicted molar refractivity (Wildman–Crippen MR) is 170 cm³/mol. The highest BCUT2D eigenvalue weighted by atomic mass is 16.4. The molecular weight excluding hydrogens is 546 g/mol. The van der Waals surface area contributed by atoms with Crippen LogP contribution < -0.4 is 10.6 Å². The first-order valence-corrected chi connectivity index (χ1v) is 15.4. The van der Waals surface area contributed by atoms with Crippen molar-refractivity contribution < 1.29 is 24.3 Å². The molecule has 1 aliphatic heterocycles. The number of likely N-dealkylation sites (N-methyl/N-ethyl adjacent to an activating group) is 3. The first-order chi connectivity index (χ1) is 19.9. The van der Waals surface area contributed by atoms with Gasteiger partial charge >= 0.3 is 5.97 Å². The molecule has 10 nitrogen and oxygen atoms in total. The van der Waals surface area contributed by atoms with Crippen LogP contribution in [0.3, 0.4) is 0 Å². The van der Waals surface area contributed by atoms with Crippen LogP contribution in [0.25, 0.3) is 0 Å². The average Bonchev–Trinajstić information content (AvgIpc) is 2.93. The smallest absolute Gasteiger partial charge is 0.326 e. The number of carbonyl (C=O) groups excluding carboxylic acids is 3. The topological polar surface area (TPSA) is 122 Å². The van der Waals surface area contributed by atoms with Crippen LogP contribution in [0, 0.1) is 11.3 Å². The number of hydrogen-bond acceptors (Lipinski definition) is 6. The molecule has 1 fully saturated rings. The summed E-state index contributed by atoms with van der Waals surface area (Å²) in [6, 6.07) is 7.44. The average molecular weight is 602 g/mol. The number of likely N-dealkylation sites (tertiary alicyclic amines) is 1. The fraction of sp³-hybridized carbons (Fsp3) is 0.697. The number of rotatable bonds is 13. The number of carboxylic acid groups (broad SMARTS) is 1. The molecule has 1 aromatic rings. The van der Waals surface area contributed by atoms with Gasteiger partial charge in [-0.3, -0.25) is 19.3 Å². The monoisotopic (exact) mass is 601 g/mol. The van der Waals surface area contributed by atoms with Crippen LogP contribution in [0.5, 0.6) is 0 Å². The summed E-state index contributed by atoms with van der Waals surface area (Å²) in [5, 5.41) is 15.8. The molecule has 1 aliphatic rings. The van der Waals surface area contributed by atoms with E-state index in [-0.39, 0.29) is 36.2 Å². The third-order valence-electron chi connectivity index (χ3n) is 8.82. The molecule has 1 heterocycles. The van der Waals surface area contributed by atoms with Gasteiger partial charge in [-0.2, -0.15) is 0 Å². The van der Waals surface area contributed by atoms with Crippen LogP contribution in [-0.2, 0) is 24.6 Å². The molecule has 3 amide bonds. The largest absolute Gasteiger partial charge is 0.480 e. The number of carboxylic acids is 1. The molecule has 0 aromatic heterocycles. The summed E-state index contributed by atoms with van der Waals surface area (Å²) in [5.41, 5.74) is -0.0992. The van der Waals surface area contributed by atoms with E-state index in [1.54, 1.807) is 19.0 Å². The highest BCUT2D eigenvalue weighted by molar-refractivity contribution is 5.91. The Balaban J connectivity index is 2.21. The van der Waals surface area contributed by atoms with Gasteiger partial charge in [-0.05, 0) is 50.3 Å². The predicted octanol–water partition coefficient (Wildman–Crippen LogP) is 2.96. The summed E-state index contributed by atoms with van der Waals surface area (Å²) in [5.74, 6) is -1.58. The van der Waals surface area contributed by atoms with Crippen molar-refractivity contribution in [3.8, 4) is 0 Å². The number of carbonyl (C=O) groups is 4. The van der Waals surface area contributed by atoms with Gasteiger partial charge in [0.2, 0.25) is 17.7 Å². The van der Waals surface area contributed by atoms with E-state index in [1.807, 2.05) is 90.7 Å². The Labute approximate surface area is 258 Å². The molecule has 0 aliphatic carbocycles. The Bertz CT molecular complexity index is 1100. The quantitative estimate of drug-likeness (QED) is 0.318. The maximum absolute atomic E-state index is 14.1. The van der Waals surface area contributed by atoms with Gasteiger partial charge in [0.1, 0.15) is 12.1 Å². The zero-order chi connectivity index (χ0) is 32.7. The molecule has 3 N–H and O–H groups in total. The SMILES string of the molecule is CNC(C(=O)NC(C(=O)N(C)C(CN(C)CC(=O)N1CCCCC1C(=O)O)C(C)C)C(C)(C)C)C(C)(C)c1ccccc1. The molecule has 0 bridgehead atoms. The molecule has 2 rings (SSSR count). The van der Waals surface area contributed by atoms with Gasteiger partial charge in [0.05, 0.1) is 12.6 Å². The number of aliphatic carboxylic acids is 1. The maximum atomic E-state index is 14.1. The van der Waals surface area contributed by atoms with E-state index in [0.717, 1.165) is 18.4 Å². The first-order valence-electron chi connectivity index (χ1n) is 15.4. The fourth-order valence-electron chi connectivity index (χ4n) is 6.07. The molecular formula is C33H55N5O5. The van der Waals surface area contributed by atoms with Crippen LogP contribution in [0.15, 0.2) is 30.3 Å². The van der Waals surface area contributed by atoms with Gasteiger partial charge in [-0.1, -0.05) is 78.8 Å². The van der Waals surface area contributed by atoms with Crippen LogP contribution >= 0.6 is 0 Å². The van der Waals surface area contributed by atoms with Crippen molar-refractivity contribution in [2.75, 3.05) is 40.8 Å². The van der Waals surface area contributed by atoms with E-state index in [4.69, 9.17) is 0 Å². The van der Waals surface area contributed by atoms with Crippen LogP contribution in [0.4, 0.5) is 0 Å². The maximum Gasteiger partial charge on any atom is 0.326 e. The second-order valence-electron chi connectivity index (χ2n) is 14.0. The highest BCUT2D eigenvalue weighted by Gasteiger charge is 2.42. The molecule has 0 radical (unpaired) electrons. The summed E-state index contributed by atoms with van der Waals surface area (Å²) in [6.45, 7) is 14.8. The standard InChI is InChI=1S/C33H55N5O5/c1-22(2)25(20-36(9)21-26(39)38-19-15-14-18-24(38)31(42)43)37(10)30(41)28(32(3,4)5)35-29(40)27(34-8)33(6,7)23-16-12-11-13-17-23/h11-13,16-17,22,24-25,27-28,34H,14-15,18-21H2,1-10H3,(H,35,40)(H,42,43).